The maximum Gasteiger partial charge on any atom is 0.293 e. The van der Waals surface area contributed by atoms with Crippen LogP contribution in [0.3, 0.4) is 0 Å². The van der Waals surface area contributed by atoms with E-state index in [9.17, 15) is 9.59 Å². The molecule has 0 spiro atoms. The third kappa shape index (κ3) is 4.99. The van der Waals surface area contributed by atoms with Crippen LogP contribution >= 0.6 is 11.8 Å². The van der Waals surface area contributed by atoms with E-state index in [0.29, 0.717) is 28.6 Å². The van der Waals surface area contributed by atoms with Crippen LogP contribution in [0, 0.1) is 0 Å². The summed E-state index contributed by atoms with van der Waals surface area (Å²) in [5.74, 6) is 0.759. The second-order valence-electron chi connectivity index (χ2n) is 9.25. The highest BCUT2D eigenvalue weighted by molar-refractivity contribution is 8.18. The van der Waals surface area contributed by atoms with Gasteiger partial charge >= 0.3 is 0 Å². The van der Waals surface area contributed by atoms with Gasteiger partial charge in [0.25, 0.3) is 11.1 Å². The number of fused-ring (bicyclic) bond motifs is 2. The molecule has 0 bridgehead atoms. The van der Waals surface area contributed by atoms with E-state index in [1.165, 1.54) is 4.90 Å². The van der Waals surface area contributed by atoms with E-state index in [1.807, 2.05) is 84.9 Å². The van der Waals surface area contributed by atoms with E-state index < -0.39 is 0 Å². The van der Waals surface area contributed by atoms with Crippen LogP contribution in [0.15, 0.2) is 108 Å². The monoisotopic (exact) mass is 531 g/mol. The van der Waals surface area contributed by atoms with E-state index >= 15 is 0 Å². The molecule has 0 unspecified atom stereocenters. The van der Waals surface area contributed by atoms with Gasteiger partial charge in [0.05, 0.1) is 18.6 Å². The molecular formula is C33H25NO4S. The fourth-order valence-corrected chi connectivity index (χ4v) is 5.66. The lowest BCUT2D eigenvalue weighted by Gasteiger charge is -2.15. The van der Waals surface area contributed by atoms with Crippen molar-refractivity contribution < 1.29 is 19.1 Å². The van der Waals surface area contributed by atoms with Gasteiger partial charge in [0.1, 0.15) is 6.61 Å². The summed E-state index contributed by atoms with van der Waals surface area (Å²) in [6.07, 6.45) is 1.71. The van der Waals surface area contributed by atoms with Crippen LogP contribution in [0.25, 0.3) is 27.6 Å². The quantitative estimate of drug-likeness (QED) is 0.200. The van der Waals surface area contributed by atoms with E-state index in [2.05, 4.69) is 18.2 Å². The van der Waals surface area contributed by atoms with Gasteiger partial charge in [-0.05, 0) is 62.6 Å². The van der Waals surface area contributed by atoms with Crippen LogP contribution in [0.4, 0.5) is 4.79 Å². The maximum absolute atomic E-state index is 13.3. The molecule has 192 valence electrons. The number of carbonyl (C=O) groups excluding carboxylic acids is 2. The van der Waals surface area contributed by atoms with Crippen LogP contribution in [-0.4, -0.2) is 23.2 Å². The van der Waals surface area contributed by atoms with Gasteiger partial charge in [0.15, 0.2) is 11.5 Å². The lowest BCUT2D eigenvalue weighted by Crippen LogP contribution is -2.27. The Bertz CT molecular complexity index is 1750. The summed E-state index contributed by atoms with van der Waals surface area (Å²) in [6, 6.07) is 33.8. The number of rotatable bonds is 7. The molecule has 6 rings (SSSR count). The molecule has 0 aromatic heterocycles. The number of ether oxygens (including phenoxy) is 2. The van der Waals surface area contributed by atoms with Crippen molar-refractivity contribution in [1.82, 2.24) is 4.90 Å². The number of benzene rings is 5. The van der Waals surface area contributed by atoms with Crippen molar-refractivity contribution in [2.45, 2.75) is 13.2 Å². The van der Waals surface area contributed by atoms with Crippen molar-refractivity contribution in [3.05, 3.63) is 125 Å². The van der Waals surface area contributed by atoms with Gasteiger partial charge in [0, 0.05) is 5.56 Å². The molecule has 0 N–H and O–H groups in total. The summed E-state index contributed by atoms with van der Waals surface area (Å²) < 4.78 is 11.9. The molecule has 5 nitrogen and oxygen atoms in total. The maximum atomic E-state index is 13.3. The summed E-state index contributed by atoms with van der Waals surface area (Å²) >= 11 is 0.940. The van der Waals surface area contributed by atoms with Crippen molar-refractivity contribution >= 4 is 50.5 Å². The number of amides is 2. The SMILES string of the molecule is COc1cccc(/C=C2\SC(=O)N(Cc3ccc4ccccc4c3)C2=O)c1OCc1cccc2ccccc12. The predicted octanol–water partition coefficient (Wildman–Crippen LogP) is 7.82. The zero-order valence-electron chi connectivity index (χ0n) is 21.3. The molecule has 1 fully saturated rings. The number of hydrogen-bond donors (Lipinski definition) is 0. The van der Waals surface area contributed by atoms with Crippen LogP contribution in [-0.2, 0) is 17.9 Å². The zero-order valence-corrected chi connectivity index (χ0v) is 22.1. The molecule has 5 aromatic rings. The molecule has 0 saturated carbocycles. The minimum absolute atomic E-state index is 0.218. The number of hydrogen-bond acceptors (Lipinski definition) is 5. The Morgan fingerprint density at radius 1 is 0.795 bits per heavy atom. The second-order valence-corrected chi connectivity index (χ2v) is 10.2. The molecule has 5 aromatic carbocycles. The minimum Gasteiger partial charge on any atom is -0.493 e. The standard InChI is InChI=1S/C33H25NO4S/c1-37-29-15-7-12-26(31(29)38-21-27-13-6-11-24-9-4-5-14-28(24)27)19-30-32(35)34(33(36)39-30)20-22-16-17-23-8-2-3-10-25(23)18-22/h2-19H,20-21H2,1H3/b30-19-. The highest BCUT2D eigenvalue weighted by Gasteiger charge is 2.35. The molecule has 6 heteroatoms. The number of nitrogens with zero attached hydrogens (tertiary/aromatic N) is 1. The van der Waals surface area contributed by atoms with Crippen LogP contribution < -0.4 is 9.47 Å². The molecule has 0 aliphatic carbocycles. The zero-order chi connectivity index (χ0) is 26.8. The average molecular weight is 532 g/mol. The predicted molar refractivity (Wildman–Crippen MR) is 157 cm³/mol. The van der Waals surface area contributed by atoms with Crippen molar-refractivity contribution in [2.75, 3.05) is 7.11 Å². The van der Waals surface area contributed by atoms with Crippen molar-refractivity contribution in [3.63, 3.8) is 0 Å². The van der Waals surface area contributed by atoms with Crippen molar-refractivity contribution in [3.8, 4) is 11.5 Å². The minimum atomic E-state index is -0.319. The highest BCUT2D eigenvalue weighted by Crippen LogP contribution is 2.38. The molecule has 1 saturated heterocycles. The van der Waals surface area contributed by atoms with Crippen LogP contribution in [0.5, 0.6) is 11.5 Å². The first-order chi connectivity index (χ1) is 19.1. The summed E-state index contributed by atoms with van der Waals surface area (Å²) in [6.45, 7) is 0.543. The van der Waals surface area contributed by atoms with E-state index in [4.69, 9.17) is 9.47 Å². The fourth-order valence-electron chi connectivity index (χ4n) is 4.83. The largest absolute Gasteiger partial charge is 0.493 e. The first-order valence-electron chi connectivity index (χ1n) is 12.6. The summed E-state index contributed by atoms with van der Waals surface area (Å²) in [4.78, 5) is 27.8. The van der Waals surface area contributed by atoms with Crippen molar-refractivity contribution in [1.29, 1.82) is 0 Å². The molecule has 39 heavy (non-hydrogen) atoms. The average Bonchev–Trinajstić information content (AvgIpc) is 3.23. The van der Waals surface area contributed by atoms with Gasteiger partial charge in [0.2, 0.25) is 0 Å². The molecule has 0 radical (unpaired) electrons. The topological polar surface area (TPSA) is 55.8 Å². The molecule has 1 heterocycles. The summed E-state index contributed by atoms with van der Waals surface area (Å²) in [5.41, 5.74) is 2.61. The Morgan fingerprint density at radius 3 is 2.38 bits per heavy atom. The van der Waals surface area contributed by atoms with E-state index in [0.717, 1.165) is 44.4 Å². The van der Waals surface area contributed by atoms with Gasteiger partial charge in [-0.2, -0.15) is 0 Å². The highest BCUT2D eigenvalue weighted by atomic mass is 32.2. The smallest absolute Gasteiger partial charge is 0.293 e. The molecule has 0 atom stereocenters. The first-order valence-corrected chi connectivity index (χ1v) is 13.4. The lowest BCUT2D eigenvalue weighted by atomic mass is 10.1. The van der Waals surface area contributed by atoms with E-state index in [1.54, 1.807) is 13.2 Å². The van der Waals surface area contributed by atoms with E-state index in [-0.39, 0.29) is 17.7 Å². The molecule has 1 aliphatic heterocycles. The van der Waals surface area contributed by atoms with Crippen molar-refractivity contribution in [2.24, 2.45) is 0 Å². The Morgan fingerprint density at radius 2 is 1.54 bits per heavy atom. The Balaban J connectivity index is 1.26. The molecule has 2 amide bonds. The second kappa shape index (κ2) is 10.7. The third-order valence-electron chi connectivity index (χ3n) is 6.80. The Kier molecular flexibility index (Phi) is 6.78. The van der Waals surface area contributed by atoms with Gasteiger partial charge < -0.3 is 9.47 Å². The number of thioether (sulfide) groups is 1. The van der Waals surface area contributed by atoms with Gasteiger partial charge in [-0.1, -0.05) is 91.0 Å². The number of carbonyl (C=O) groups is 2. The number of methoxy groups -OCH3 is 1. The number of para-hydroxylation sites is 1. The molecular weight excluding hydrogens is 506 g/mol. The normalized spacial score (nSPS) is 14.5. The van der Waals surface area contributed by atoms with Gasteiger partial charge in [-0.15, -0.1) is 0 Å². The summed E-state index contributed by atoms with van der Waals surface area (Å²) in [5, 5.41) is 4.15. The van der Waals surface area contributed by atoms with Crippen LogP contribution in [0.2, 0.25) is 0 Å². The van der Waals surface area contributed by atoms with Gasteiger partial charge in [-0.3, -0.25) is 14.5 Å². The molecule has 1 aliphatic rings. The first kappa shape index (κ1) is 24.8. The summed E-state index contributed by atoms with van der Waals surface area (Å²) in [7, 11) is 1.58. The third-order valence-corrected chi connectivity index (χ3v) is 7.70. The van der Waals surface area contributed by atoms with Crippen LogP contribution in [0.1, 0.15) is 16.7 Å². The Hall–Kier alpha value is -4.55. The number of imide groups is 1. The lowest BCUT2D eigenvalue weighted by molar-refractivity contribution is -0.123. The van der Waals surface area contributed by atoms with Gasteiger partial charge in [-0.25, -0.2) is 0 Å². The Labute approximate surface area is 230 Å². The fraction of sp³-hybridized carbons (Fsp3) is 0.0909.